The predicted molar refractivity (Wildman–Crippen MR) is 207 cm³/mol. The summed E-state index contributed by atoms with van der Waals surface area (Å²) in [5.41, 5.74) is 5.18. The molecule has 1 atom stereocenters. The van der Waals surface area contributed by atoms with Gasteiger partial charge < -0.3 is 39.5 Å². The Morgan fingerprint density at radius 1 is 0.963 bits per heavy atom. The number of fused-ring (bicyclic) bond motifs is 1. The van der Waals surface area contributed by atoms with Crippen molar-refractivity contribution in [3.8, 4) is 5.75 Å². The Bertz CT molecular complexity index is 1610. The number of aliphatic carboxylic acids is 1. The highest BCUT2D eigenvalue weighted by atomic mass is 16.6. The number of aryl methyl sites for hydroxylation is 1. The molecule has 3 amide bonds. The maximum atomic E-state index is 14.3. The third-order valence-electron chi connectivity index (χ3n) is 12.1. The summed E-state index contributed by atoms with van der Waals surface area (Å²) in [4.78, 5) is 60.9. The number of amides is 3. The number of para-hydroxylation sites is 1. The Labute approximate surface area is 319 Å². The number of likely N-dealkylation sites (N-methyl/N-ethyl adjacent to an activating group) is 1. The number of carbonyl (C=O) groups excluding carboxylic acids is 3. The molecule has 0 saturated carbocycles. The van der Waals surface area contributed by atoms with Crippen LogP contribution in [0.5, 0.6) is 5.75 Å². The average Bonchev–Trinajstić information content (AvgIpc) is 3.18. The minimum atomic E-state index is -0.983. The molecule has 54 heavy (non-hydrogen) atoms. The summed E-state index contributed by atoms with van der Waals surface area (Å²) in [5, 5.41) is 12.4. The lowest BCUT2D eigenvalue weighted by atomic mass is 9.78. The molecule has 294 valence electrons. The van der Waals surface area contributed by atoms with E-state index in [4.69, 9.17) is 9.47 Å². The van der Waals surface area contributed by atoms with Crippen LogP contribution >= 0.6 is 0 Å². The molecule has 0 radical (unpaired) electrons. The van der Waals surface area contributed by atoms with Crippen LogP contribution in [0.3, 0.4) is 0 Å². The van der Waals surface area contributed by atoms with Crippen molar-refractivity contribution in [1.82, 2.24) is 19.6 Å². The number of ether oxygens (including phenoxy) is 2. The van der Waals surface area contributed by atoms with Crippen molar-refractivity contribution in [2.75, 3.05) is 89.8 Å². The highest BCUT2D eigenvalue weighted by Gasteiger charge is 2.36. The van der Waals surface area contributed by atoms with E-state index in [0.717, 1.165) is 92.0 Å². The number of carboxylic acid groups (broad SMARTS) is 1. The average molecular weight is 747 g/mol. The number of hydrogen-bond donors (Lipinski definition) is 2. The molecular weight excluding hydrogens is 688 g/mol. The maximum absolute atomic E-state index is 14.3. The molecule has 13 nitrogen and oxygen atoms in total. The lowest BCUT2D eigenvalue weighted by Crippen LogP contribution is -2.50. The smallest absolute Gasteiger partial charge is 0.410 e. The van der Waals surface area contributed by atoms with Gasteiger partial charge in [0.05, 0.1) is 18.8 Å². The Kier molecular flexibility index (Phi) is 13.2. The molecule has 0 aliphatic carbocycles. The van der Waals surface area contributed by atoms with E-state index in [9.17, 15) is 24.3 Å². The standard InChI is InChI=1S/C41H58N6O7/c1-29-24-30(25-36-39(29)43(3)22-23-53-36)26-37(40(51)45-17-10-32(11-18-45)31-8-15-44(16-9-31)27-38(49)50)54-41(52)46-20-13-34(14-21-46)47(28-48)19-12-33-6-4-5-7-35(33)42-2/h4-7,24-25,28,31-32,34,37,42H,8-23,26-27H2,1-3H3,(H,49,50)/t37-/m1/s1. The first-order valence-electron chi connectivity index (χ1n) is 19.8. The van der Waals surface area contributed by atoms with Crippen LogP contribution in [-0.4, -0.2) is 141 Å². The minimum absolute atomic E-state index is 0.0213. The van der Waals surface area contributed by atoms with Gasteiger partial charge in [0.1, 0.15) is 12.4 Å². The third kappa shape index (κ3) is 9.58. The molecule has 2 aromatic carbocycles. The number of hydrogen-bond acceptors (Lipinski definition) is 9. The molecule has 4 aliphatic rings. The Morgan fingerprint density at radius 2 is 1.63 bits per heavy atom. The zero-order chi connectivity index (χ0) is 38.2. The second kappa shape index (κ2) is 18.2. The monoisotopic (exact) mass is 746 g/mol. The lowest BCUT2D eigenvalue weighted by molar-refractivity contribution is -0.142. The fourth-order valence-electron chi connectivity index (χ4n) is 9.03. The number of carboxylic acids is 1. The van der Waals surface area contributed by atoms with Crippen molar-refractivity contribution in [1.29, 1.82) is 0 Å². The molecule has 2 aromatic rings. The van der Waals surface area contributed by atoms with Crippen molar-refractivity contribution in [2.24, 2.45) is 11.8 Å². The summed E-state index contributed by atoms with van der Waals surface area (Å²) < 4.78 is 12.2. The van der Waals surface area contributed by atoms with Crippen LogP contribution in [0.25, 0.3) is 0 Å². The van der Waals surface area contributed by atoms with Gasteiger partial charge in [0.15, 0.2) is 6.10 Å². The van der Waals surface area contributed by atoms with E-state index in [1.54, 1.807) is 4.90 Å². The summed E-state index contributed by atoms with van der Waals surface area (Å²) in [5.74, 6) is 0.843. The van der Waals surface area contributed by atoms with Gasteiger partial charge in [-0.15, -0.1) is 0 Å². The molecule has 4 heterocycles. The molecule has 6 rings (SSSR count). The normalized spacial score (nSPS) is 19.4. The SMILES string of the molecule is CNc1ccccc1CCN(C=O)C1CCN(C(=O)O[C@H](Cc2cc(C)c3c(c2)OCCN3C)C(=O)N2CCC(C3CCN(CC(=O)O)CC3)CC2)CC1. The molecule has 0 unspecified atom stereocenters. The zero-order valence-electron chi connectivity index (χ0n) is 32.2. The number of benzene rings is 2. The second-order valence-electron chi connectivity index (χ2n) is 15.5. The van der Waals surface area contributed by atoms with Gasteiger partial charge in [-0.05, 0) is 106 Å². The van der Waals surface area contributed by atoms with E-state index in [1.165, 1.54) is 0 Å². The van der Waals surface area contributed by atoms with E-state index < -0.39 is 18.2 Å². The highest BCUT2D eigenvalue weighted by Crippen LogP contribution is 2.36. The van der Waals surface area contributed by atoms with Gasteiger partial charge >= 0.3 is 12.1 Å². The van der Waals surface area contributed by atoms with Crippen LogP contribution in [0.15, 0.2) is 36.4 Å². The van der Waals surface area contributed by atoms with Gasteiger partial charge in [-0.3, -0.25) is 19.3 Å². The van der Waals surface area contributed by atoms with E-state index >= 15 is 0 Å². The minimum Gasteiger partial charge on any atom is -0.490 e. The number of piperidine rings is 3. The van der Waals surface area contributed by atoms with Crippen molar-refractivity contribution < 1.29 is 33.8 Å². The van der Waals surface area contributed by atoms with Crippen molar-refractivity contribution in [3.63, 3.8) is 0 Å². The van der Waals surface area contributed by atoms with Crippen LogP contribution in [0.1, 0.15) is 55.2 Å². The summed E-state index contributed by atoms with van der Waals surface area (Å²) in [6.07, 6.45) is 5.42. The first-order chi connectivity index (χ1) is 26.1. The van der Waals surface area contributed by atoms with Gasteiger partial charge in [-0.1, -0.05) is 24.3 Å². The molecule has 3 saturated heterocycles. The molecule has 3 fully saturated rings. The van der Waals surface area contributed by atoms with Gasteiger partial charge in [0.25, 0.3) is 5.91 Å². The van der Waals surface area contributed by atoms with Gasteiger partial charge in [-0.2, -0.15) is 0 Å². The fraction of sp³-hybridized carbons (Fsp3) is 0.610. The number of rotatable bonds is 13. The molecule has 0 spiro atoms. The predicted octanol–water partition coefficient (Wildman–Crippen LogP) is 4.11. The quantitative estimate of drug-likeness (QED) is 0.289. The van der Waals surface area contributed by atoms with Gasteiger partial charge in [0, 0.05) is 65.0 Å². The summed E-state index contributed by atoms with van der Waals surface area (Å²) in [6.45, 7) is 7.79. The topological polar surface area (TPSA) is 135 Å². The molecule has 4 aliphatic heterocycles. The van der Waals surface area contributed by atoms with Crippen LogP contribution in [-0.2, 0) is 32.0 Å². The van der Waals surface area contributed by atoms with E-state index in [-0.39, 0.29) is 24.9 Å². The first kappa shape index (κ1) is 39.2. The lowest BCUT2D eigenvalue weighted by Gasteiger charge is -2.40. The third-order valence-corrected chi connectivity index (χ3v) is 12.1. The number of anilines is 2. The number of carbonyl (C=O) groups is 4. The largest absolute Gasteiger partial charge is 0.490 e. The molecule has 13 heteroatoms. The highest BCUT2D eigenvalue weighted by molar-refractivity contribution is 5.84. The van der Waals surface area contributed by atoms with E-state index in [0.29, 0.717) is 64.0 Å². The van der Waals surface area contributed by atoms with Crippen LogP contribution in [0, 0.1) is 18.8 Å². The zero-order valence-corrected chi connectivity index (χ0v) is 32.2. The first-order valence-corrected chi connectivity index (χ1v) is 19.8. The number of nitrogens with one attached hydrogen (secondary N) is 1. The molecule has 0 aromatic heterocycles. The Balaban J connectivity index is 1.08. The Hall–Kier alpha value is -4.52. The van der Waals surface area contributed by atoms with E-state index in [2.05, 4.69) is 22.3 Å². The summed E-state index contributed by atoms with van der Waals surface area (Å²) in [7, 11) is 3.94. The van der Waals surface area contributed by atoms with Crippen LogP contribution in [0.4, 0.5) is 16.2 Å². The van der Waals surface area contributed by atoms with Crippen LogP contribution in [0.2, 0.25) is 0 Å². The molecule has 2 N–H and O–H groups in total. The second-order valence-corrected chi connectivity index (χ2v) is 15.5. The summed E-state index contributed by atoms with van der Waals surface area (Å²) >= 11 is 0. The number of nitrogens with zero attached hydrogens (tertiary/aromatic N) is 5. The van der Waals surface area contributed by atoms with Crippen molar-refractivity contribution >= 4 is 35.8 Å². The van der Waals surface area contributed by atoms with E-state index in [1.807, 2.05) is 60.0 Å². The van der Waals surface area contributed by atoms with Crippen molar-refractivity contribution in [3.05, 3.63) is 53.1 Å². The maximum Gasteiger partial charge on any atom is 0.410 e. The molecular formula is C41H58N6O7. The number of likely N-dealkylation sites (tertiary alicyclic amines) is 3. The fourth-order valence-corrected chi connectivity index (χ4v) is 9.03. The van der Waals surface area contributed by atoms with Gasteiger partial charge in [-0.25, -0.2) is 4.79 Å². The van der Waals surface area contributed by atoms with Crippen molar-refractivity contribution in [2.45, 2.75) is 70.4 Å². The Morgan fingerprint density at radius 3 is 2.30 bits per heavy atom. The van der Waals surface area contributed by atoms with Crippen LogP contribution < -0.4 is 15.0 Å². The summed E-state index contributed by atoms with van der Waals surface area (Å²) in [6, 6.07) is 12.2. The molecule has 0 bridgehead atoms. The van der Waals surface area contributed by atoms with Gasteiger partial charge in [0.2, 0.25) is 6.41 Å².